The molecular weight excluding hydrogens is 362 g/mol. The van der Waals surface area contributed by atoms with Gasteiger partial charge in [-0.05, 0) is 53.4 Å². The number of aryl methyl sites for hydroxylation is 1. The second-order valence-corrected chi connectivity index (χ2v) is 7.39. The number of hydrogen-bond acceptors (Lipinski definition) is 3. The van der Waals surface area contributed by atoms with Crippen molar-refractivity contribution < 1.29 is 14.2 Å². The standard InChI is InChI=1S/C25H23NO3/c1-14-23(18-7-5-6-8-21(18)26-14)25-20-11-15(27-2)9-10-17(20)19-12-16(28-3)13-22(29-4)24(19)25/h5-13,25-26H,1-4H3/t25-/m0/s1. The summed E-state index contributed by atoms with van der Waals surface area (Å²) in [4.78, 5) is 3.56. The van der Waals surface area contributed by atoms with Gasteiger partial charge in [0.1, 0.15) is 17.2 Å². The lowest BCUT2D eigenvalue weighted by atomic mass is 9.87. The van der Waals surface area contributed by atoms with Gasteiger partial charge in [0.2, 0.25) is 0 Å². The Labute approximate surface area is 170 Å². The Bertz CT molecular complexity index is 1240. The van der Waals surface area contributed by atoms with Crippen molar-refractivity contribution in [3.05, 3.63) is 77.0 Å². The number of nitrogens with one attached hydrogen (secondary N) is 1. The SMILES string of the molecule is COc1cc(OC)c2c(c1)-c1ccc(OC)cc1[C@H]2c1c(C)[nH]c2ccccc12. The fourth-order valence-corrected chi connectivity index (χ4v) is 4.69. The van der Waals surface area contributed by atoms with Crippen molar-refractivity contribution in [2.75, 3.05) is 21.3 Å². The van der Waals surface area contributed by atoms with Crippen LogP contribution in [0.4, 0.5) is 0 Å². The summed E-state index contributed by atoms with van der Waals surface area (Å²) >= 11 is 0. The van der Waals surface area contributed by atoms with Crippen LogP contribution in [0, 0.1) is 6.92 Å². The lowest BCUT2D eigenvalue weighted by Crippen LogP contribution is -2.03. The summed E-state index contributed by atoms with van der Waals surface area (Å²) < 4.78 is 17.0. The Morgan fingerprint density at radius 2 is 1.55 bits per heavy atom. The summed E-state index contributed by atoms with van der Waals surface area (Å²) in [5, 5.41) is 1.23. The molecule has 0 radical (unpaired) electrons. The highest BCUT2D eigenvalue weighted by atomic mass is 16.5. The fourth-order valence-electron chi connectivity index (χ4n) is 4.69. The molecule has 3 aromatic carbocycles. The number of aromatic nitrogens is 1. The van der Waals surface area contributed by atoms with Gasteiger partial charge >= 0.3 is 0 Å². The number of fused-ring (bicyclic) bond motifs is 4. The molecule has 0 fully saturated rings. The van der Waals surface area contributed by atoms with E-state index in [1.807, 2.05) is 12.1 Å². The van der Waals surface area contributed by atoms with Crippen LogP contribution in [0.1, 0.15) is 28.3 Å². The van der Waals surface area contributed by atoms with E-state index >= 15 is 0 Å². The molecule has 0 unspecified atom stereocenters. The summed E-state index contributed by atoms with van der Waals surface area (Å²) in [5.41, 5.74) is 8.31. The smallest absolute Gasteiger partial charge is 0.127 e. The second kappa shape index (κ2) is 6.59. The van der Waals surface area contributed by atoms with Crippen LogP contribution in [0.5, 0.6) is 17.2 Å². The molecule has 5 rings (SSSR count). The molecule has 1 aromatic heterocycles. The first-order valence-electron chi connectivity index (χ1n) is 9.67. The molecular formula is C25H23NO3. The minimum Gasteiger partial charge on any atom is -0.497 e. The summed E-state index contributed by atoms with van der Waals surface area (Å²) in [6.45, 7) is 2.14. The van der Waals surface area contributed by atoms with Crippen molar-refractivity contribution in [3.8, 4) is 28.4 Å². The maximum Gasteiger partial charge on any atom is 0.127 e. The van der Waals surface area contributed by atoms with Crippen molar-refractivity contribution >= 4 is 10.9 Å². The quantitative estimate of drug-likeness (QED) is 0.434. The Kier molecular flexibility index (Phi) is 4.02. The summed E-state index contributed by atoms with van der Waals surface area (Å²) in [6.07, 6.45) is 0. The molecule has 1 atom stereocenters. The molecule has 0 spiro atoms. The number of aromatic amines is 1. The molecule has 0 saturated carbocycles. The van der Waals surface area contributed by atoms with E-state index in [1.54, 1.807) is 21.3 Å². The third-order valence-electron chi connectivity index (χ3n) is 5.95. The minimum absolute atomic E-state index is 0.0482. The maximum atomic E-state index is 5.85. The fraction of sp³-hybridized carbons (Fsp3) is 0.200. The maximum absolute atomic E-state index is 5.85. The van der Waals surface area contributed by atoms with Gasteiger partial charge in [0.25, 0.3) is 0 Å². The van der Waals surface area contributed by atoms with Crippen molar-refractivity contribution in [2.45, 2.75) is 12.8 Å². The lowest BCUT2D eigenvalue weighted by molar-refractivity contribution is 0.391. The Balaban J connectivity index is 1.88. The molecule has 4 aromatic rings. The molecule has 4 heteroatoms. The summed E-state index contributed by atoms with van der Waals surface area (Å²) in [6, 6.07) is 18.8. The highest BCUT2D eigenvalue weighted by Gasteiger charge is 2.36. The van der Waals surface area contributed by atoms with Crippen LogP contribution in [-0.4, -0.2) is 26.3 Å². The third-order valence-corrected chi connectivity index (χ3v) is 5.95. The molecule has 0 bridgehead atoms. The molecule has 29 heavy (non-hydrogen) atoms. The summed E-state index contributed by atoms with van der Waals surface area (Å²) in [5.74, 6) is 2.53. The number of methoxy groups -OCH3 is 3. The first-order valence-corrected chi connectivity index (χ1v) is 9.67. The van der Waals surface area contributed by atoms with Gasteiger partial charge < -0.3 is 19.2 Å². The van der Waals surface area contributed by atoms with Crippen molar-refractivity contribution in [1.29, 1.82) is 0 Å². The predicted molar refractivity (Wildman–Crippen MR) is 116 cm³/mol. The van der Waals surface area contributed by atoms with Gasteiger partial charge in [0.15, 0.2) is 0 Å². The van der Waals surface area contributed by atoms with Crippen LogP contribution in [0.2, 0.25) is 0 Å². The summed E-state index contributed by atoms with van der Waals surface area (Å²) in [7, 11) is 5.11. The predicted octanol–water partition coefficient (Wildman–Crippen LogP) is 5.66. The van der Waals surface area contributed by atoms with Gasteiger partial charge in [-0.2, -0.15) is 0 Å². The van der Waals surface area contributed by atoms with Crippen LogP contribution >= 0.6 is 0 Å². The monoisotopic (exact) mass is 385 g/mol. The largest absolute Gasteiger partial charge is 0.497 e. The Morgan fingerprint density at radius 3 is 2.31 bits per heavy atom. The molecule has 0 amide bonds. The molecule has 1 N–H and O–H groups in total. The van der Waals surface area contributed by atoms with Gasteiger partial charge in [-0.15, -0.1) is 0 Å². The normalized spacial score (nSPS) is 14.6. The third kappa shape index (κ3) is 2.52. The van der Waals surface area contributed by atoms with E-state index in [4.69, 9.17) is 14.2 Å². The Hall–Kier alpha value is -3.40. The number of H-pyrrole nitrogens is 1. The van der Waals surface area contributed by atoms with Crippen LogP contribution < -0.4 is 14.2 Å². The average Bonchev–Trinajstić information content (AvgIpc) is 3.25. The molecule has 146 valence electrons. The number of rotatable bonds is 4. The number of ether oxygens (including phenoxy) is 3. The van der Waals surface area contributed by atoms with Gasteiger partial charge in [0, 0.05) is 34.1 Å². The van der Waals surface area contributed by atoms with E-state index in [1.165, 1.54) is 27.6 Å². The van der Waals surface area contributed by atoms with Crippen molar-refractivity contribution in [3.63, 3.8) is 0 Å². The topological polar surface area (TPSA) is 43.5 Å². The van der Waals surface area contributed by atoms with E-state index in [9.17, 15) is 0 Å². The molecule has 0 aliphatic heterocycles. The van der Waals surface area contributed by atoms with E-state index in [0.717, 1.165) is 34.0 Å². The zero-order chi connectivity index (χ0) is 20.1. The van der Waals surface area contributed by atoms with Gasteiger partial charge in [0.05, 0.1) is 21.3 Å². The average molecular weight is 385 g/mol. The van der Waals surface area contributed by atoms with Crippen molar-refractivity contribution in [2.24, 2.45) is 0 Å². The van der Waals surface area contributed by atoms with Crippen LogP contribution in [0.15, 0.2) is 54.6 Å². The van der Waals surface area contributed by atoms with Gasteiger partial charge in [-0.25, -0.2) is 0 Å². The number of hydrogen-bond donors (Lipinski definition) is 1. The Morgan fingerprint density at radius 1 is 0.759 bits per heavy atom. The highest BCUT2D eigenvalue weighted by Crippen LogP contribution is 2.55. The zero-order valence-electron chi connectivity index (χ0n) is 17.0. The lowest BCUT2D eigenvalue weighted by Gasteiger charge is -2.18. The first kappa shape index (κ1) is 17.7. The zero-order valence-corrected chi connectivity index (χ0v) is 17.0. The molecule has 4 nitrogen and oxygen atoms in total. The van der Waals surface area contributed by atoms with Crippen LogP contribution in [0.25, 0.3) is 22.0 Å². The molecule has 0 saturated heterocycles. The second-order valence-electron chi connectivity index (χ2n) is 7.39. The van der Waals surface area contributed by atoms with E-state index in [-0.39, 0.29) is 5.92 Å². The minimum atomic E-state index is 0.0482. The highest BCUT2D eigenvalue weighted by molar-refractivity contribution is 5.91. The number of para-hydroxylation sites is 1. The van der Waals surface area contributed by atoms with E-state index in [2.05, 4.69) is 54.4 Å². The van der Waals surface area contributed by atoms with Crippen LogP contribution in [-0.2, 0) is 0 Å². The molecule has 1 heterocycles. The molecule has 1 aliphatic rings. The van der Waals surface area contributed by atoms with E-state index < -0.39 is 0 Å². The molecule has 1 aliphatic carbocycles. The van der Waals surface area contributed by atoms with Gasteiger partial charge in [-0.1, -0.05) is 24.3 Å². The van der Waals surface area contributed by atoms with Crippen molar-refractivity contribution in [1.82, 2.24) is 4.98 Å². The number of benzene rings is 3. The van der Waals surface area contributed by atoms with E-state index in [0.29, 0.717) is 0 Å². The first-order chi connectivity index (χ1) is 14.2. The van der Waals surface area contributed by atoms with Gasteiger partial charge in [-0.3, -0.25) is 0 Å². The van der Waals surface area contributed by atoms with Crippen LogP contribution in [0.3, 0.4) is 0 Å².